The molecule has 21 heteroatoms. The molecule has 0 aliphatic heterocycles. The van der Waals surface area contributed by atoms with Crippen LogP contribution in [0.15, 0.2) is 121 Å². The summed E-state index contributed by atoms with van der Waals surface area (Å²) in [6, 6.07) is 33.6. The normalized spacial score (nSPS) is 15.8. The van der Waals surface area contributed by atoms with Crippen LogP contribution in [0.3, 0.4) is 0 Å². The second kappa shape index (κ2) is 16.7. The SMILES string of the molecule is C[Si](C)(O)O[Si](O[Si](C)(C)O[Si](O)(O)c1ccccc1)(O[Si](C)(C)O[Si](O)(O[Si](C)(C)O[Si](O)(O)c1ccccc1)c1ccccc1)c1ccccc1. The van der Waals surface area contributed by atoms with Crippen molar-refractivity contribution in [2.75, 3.05) is 0 Å². The summed E-state index contributed by atoms with van der Waals surface area (Å²) in [6.45, 7) is 12.8. The summed E-state index contributed by atoms with van der Waals surface area (Å²) in [7, 11) is -32.5. The van der Waals surface area contributed by atoms with Gasteiger partial charge in [-0.05, 0) is 52.4 Å². The lowest BCUT2D eigenvalue weighted by molar-refractivity contribution is 0.167. The summed E-state index contributed by atoms with van der Waals surface area (Å²) in [5, 5.41) is 1.16. The molecule has 2 atom stereocenters. The summed E-state index contributed by atoms with van der Waals surface area (Å²) in [4.78, 5) is 68.4. The summed E-state index contributed by atoms with van der Waals surface area (Å²) in [5.74, 6) is 0. The van der Waals surface area contributed by atoms with E-state index in [9.17, 15) is 28.8 Å². The molecule has 0 saturated carbocycles. The van der Waals surface area contributed by atoms with E-state index >= 15 is 0 Å². The molecule has 4 aromatic carbocycles. The molecule has 0 spiro atoms. The van der Waals surface area contributed by atoms with Crippen LogP contribution in [0.25, 0.3) is 0 Å². The van der Waals surface area contributed by atoms with Crippen LogP contribution in [0.4, 0.5) is 0 Å². The second-order valence-corrected chi connectivity index (χ2v) is 38.2. The van der Waals surface area contributed by atoms with Gasteiger partial charge in [0.1, 0.15) is 0 Å². The molecule has 288 valence electrons. The predicted octanol–water partition coefficient (Wildman–Crippen LogP) is 1.25. The highest BCUT2D eigenvalue weighted by Crippen LogP contribution is 2.30. The van der Waals surface area contributed by atoms with E-state index in [0.717, 1.165) is 0 Å². The molecule has 4 rings (SSSR count). The average Bonchev–Trinajstić information content (AvgIpc) is 3.03. The van der Waals surface area contributed by atoms with Crippen molar-refractivity contribution in [3.8, 4) is 0 Å². The van der Waals surface area contributed by atoms with Crippen molar-refractivity contribution in [2.24, 2.45) is 0 Å². The monoisotopic (exact) mass is 866 g/mol. The molecule has 53 heavy (non-hydrogen) atoms. The van der Waals surface area contributed by atoms with E-state index in [-0.39, 0.29) is 10.4 Å². The number of benzene rings is 4. The fraction of sp³-hybridized carbons (Fsp3) is 0.250. The zero-order valence-corrected chi connectivity index (χ0v) is 39.1. The molecule has 0 amide bonds. The minimum Gasteiger partial charge on any atom is -0.411 e. The first kappa shape index (κ1) is 43.8. The van der Waals surface area contributed by atoms with E-state index in [1.54, 1.807) is 174 Å². The van der Waals surface area contributed by atoms with Crippen LogP contribution in [0, 0.1) is 0 Å². The predicted molar refractivity (Wildman–Crippen MR) is 218 cm³/mol. The first-order chi connectivity index (χ1) is 24.4. The van der Waals surface area contributed by atoms with Crippen molar-refractivity contribution in [1.82, 2.24) is 0 Å². The lowest BCUT2D eigenvalue weighted by atomic mass is 10.4. The first-order valence-electron chi connectivity index (χ1n) is 16.8. The quantitative estimate of drug-likeness (QED) is 0.0787. The van der Waals surface area contributed by atoms with Crippen molar-refractivity contribution in [2.45, 2.75) is 52.4 Å². The van der Waals surface area contributed by atoms with E-state index in [1.807, 2.05) is 0 Å². The maximum absolute atomic E-state index is 12.5. The van der Waals surface area contributed by atoms with Gasteiger partial charge in [0.25, 0.3) is 0 Å². The minimum absolute atomic E-state index is 0.205. The second-order valence-electron chi connectivity index (χ2n) is 14.2. The standard InChI is InChI=1S/C32H50O13Si8/c1-46(2,33)39-53(32-27-19-12-20-28-32,44-48(5,6)41-51(36,37)30-23-15-10-16-24-30)45-49(7,8)43-52(38,31-25-17-11-18-26-31)42-47(3,4)40-50(34,35)29-21-13-9-14-22-29/h9-28,33-38H,1-8H3. The van der Waals surface area contributed by atoms with E-state index in [2.05, 4.69) is 0 Å². The molecule has 0 saturated heterocycles. The van der Waals surface area contributed by atoms with Crippen LogP contribution in [-0.2, 0) is 28.8 Å². The highest BCUT2D eigenvalue weighted by molar-refractivity contribution is 6.97. The van der Waals surface area contributed by atoms with Crippen LogP contribution in [-0.4, -0.2) is 98.2 Å². The Bertz CT molecular complexity index is 1750. The van der Waals surface area contributed by atoms with Gasteiger partial charge in [-0.3, -0.25) is 0 Å². The molecule has 0 bridgehead atoms. The molecule has 13 nitrogen and oxygen atoms in total. The largest absolute Gasteiger partial charge is 0.522 e. The summed E-state index contributed by atoms with van der Waals surface area (Å²) in [6.07, 6.45) is 0. The molecule has 0 aliphatic carbocycles. The Labute approximate surface area is 320 Å². The lowest BCUT2D eigenvalue weighted by Gasteiger charge is -2.45. The van der Waals surface area contributed by atoms with Gasteiger partial charge in [0.05, 0.1) is 0 Å². The van der Waals surface area contributed by atoms with E-state index in [0.29, 0.717) is 10.4 Å². The van der Waals surface area contributed by atoms with Crippen LogP contribution in [0.1, 0.15) is 0 Å². The van der Waals surface area contributed by atoms with Crippen molar-refractivity contribution < 1.29 is 57.6 Å². The molecular weight excluding hydrogens is 817 g/mol. The van der Waals surface area contributed by atoms with Crippen molar-refractivity contribution in [3.63, 3.8) is 0 Å². The first-order valence-corrected chi connectivity index (χ1v) is 35.2. The Balaban J connectivity index is 1.76. The maximum atomic E-state index is 12.5. The molecule has 6 N–H and O–H groups in total. The smallest absolute Gasteiger partial charge is 0.411 e. The Morgan fingerprint density at radius 3 is 0.943 bits per heavy atom. The third-order valence-electron chi connectivity index (χ3n) is 7.25. The molecule has 2 unspecified atom stereocenters. The van der Waals surface area contributed by atoms with Crippen LogP contribution in [0.2, 0.25) is 52.4 Å². The average molecular weight is 867 g/mol. The van der Waals surface area contributed by atoms with Gasteiger partial charge in [-0.15, -0.1) is 0 Å². The van der Waals surface area contributed by atoms with Crippen LogP contribution in [0.5, 0.6) is 0 Å². The van der Waals surface area contributed by atoms with Gasteiger partial charge >= 0.3 is 69.5 Å². The third-order valence-corrected chi connectivity index (χ3v) is 33.0. The minimum atomic E-state index is -4.56. The maximum Gasteiger partial charge on any atom is 0.522 e. The highest BCUT2D eigenvalue weighted by Gasteiger charge is 2.60. The fourth-order valence-corrected chi connectivity index (χ4v) is 33.7. The van der Waals surface area contributed by atoms with Gasteiger partial charge in [-0.2, -0.15) is 0 Å². The molecular formula is C32H50O13Si8. The third kappa shape index (κ3) is 12.5. The molecule has 0 heterocycles. The van der Waals surface area contributed by atoms with Gasteiger partial charge < -0.3 is 57.6 Å². The molecule has 0 fully saturated rings. The number of hydrogen-bond acceptors (Lipinski definition) is 13. The van der Waals surface area contributed by atoms with E-state index in [4.69, 9.17) is 28.8 Å². The molecule has 0 aliphatic rings. The Hall–Kier alpha value is -1.90. The number of rotatable bonds is 18. The Morgan fingerprint density at radius 2 is 0.604 bits per heavy atom. The summed E-state index contributed by atoms with van der Waals surface area (Å²) >= 11 is 0. The van der Waals surface area contributed by atoms with Gasteiger partial charge in [0.2, 0.25) is 0 Å². The fourth-order valence-electron chi connectivity index (χ4n) is 5.49. The topological polar surface area (TPSA) is 186 Å². The molecule has 0 aromatic heterocycles. The zero-order chi connectivity index (χ0) is 39.4. The van der Waals surface area contributed by atoms with Gasteiger partial charge in [-0.1, -0.05) is 121 Å². The lowest BCUT2D eigenvalue weighted by Crippen LogP contribution is -2.73. The van der Waals surface area contributed by atoms with Gasteiger partial charge in [0.15, 0.2) is 0 Å². The zero-order valence-electron chi connectivity index (χ0n) is 31.1. The van der Waals surface area contributed by atoms with E-state index in [1.165, 1.54) is 0 Å². The van der Waals surface area contributed by atoms with Crippen LogP contribution >= 0.6 is 0 Å². The van der Waals surface area contributed by atoms with Crippen molar-refractivity contribution in [3.05, 3.63) is 121 Å². The molecule has 4 aromatic rings. The van der Waals surface area contributed by atoms with Crippen molar-refractivity contribution in [1.29, 1.82) is 0 Å². The number of hydrogen-bond donors (Lipinski definition) is 6. The van der Waals surface area contributed by atoms with Gasteiger partial charge in [-0.25, -0.2) is 0 Å². The highest BCUT2D eigenvalue weighted by atomic mass is 28.5. The Morgan fingerprint density at radius 1 is 0.321 bits per heavy atom. The summed E-state index contributed by atoms with van der Waals surface area (Å²) < 4.78 is 45.3. The Kier molecular flexibility index (Phi) is 13.8. The van der Waals surface area contributed by atoms with Gasteiger partial charge in [0, 0.05) is 20.7 Å². The van der Waals surface area contributed by atoms with Crippen LogP contribution < -0.4 is 20.7 Å². The summed E-state index contributed by atoms with van der Waals surface area (Å²) in [5.41, 5.74) is 0. The molecule has 0 radical (unpaired) electrons. The van der Waals surface area contributed by atoms with Crippen molar-refractivity contribution >= 4 is 90.2 Å². The van der Waals surface area contributed by atoms with E-state index < -0.39 is 69.5 Å².